The zero-order chi connectivity index (χ0) is 25.8. The summed E-state index contributed by atoms with van der Waals surface area (Å²) >= 11 is 0. The van der Waals surface area contributed by atoms with E-state index in [9.17, 15) is 4.79 Å². The Bertz CT molecular complexity index is 1450. The molecular weight excluding hydrogens is 478 g/mol. The van der Waals surface area contributed by atoms with Crippen LogP contribution in [0.2, 0.25) is 0 Å². The molecule has 0 spiro atoms. The number of aromatic nitrogens is 1. The molecule has 1 aliphatic rings. The molecule has 0 saturated heterocycles. The van der Waals surface area contributed by atoms with Crippen molar-refractivity contribution < 1.29 is 38.0 Å². The van der Waals surface area contributed by atoms with Crippen molar-refractivity contribution in [2.75, 3.05) is 27.6 Å². The lowest BCUT2D eigenvalue weighted by Gasteiger charge is -2.18. The van der Waals surface area contributed by atoms with E-state index in [4.69, 9.17) is 33.2 Å². The number of carbonyl (C=O) groups excluding carboxylic acids is 1. The van der Waals surface area contributed by atoms with Crippen molar-refractivity contribution in [1.82, 2.24) is 4.98 Å². The van der Waals surface area contributed by atoms with E-state index in [1.54, 1.807) is 13.2 Å². The first-order valence-corrected chi connectivity index (χ1v) is 11.6. The van der Waals surface area contributed by atoms with Crippen LogP contribution in [0.3, 0.4) is 0 Å². The highest BCUT2D eigenvalue weighted by Gasteiger charge is 2.25. The van der Waals surface area contributed by atoms with Crippen molar-refractivity contribution in [1.29, 1.82) is 0 Å². The molecule has 3 aromatic carbocycles. The fourth-order valence-electron chi connectivity index (χ4n) is 4.08. The fourth-order valence-corrected chi connectivity index (χ4v) is 4.08. The first kappa shape index (κ1) is 24.1. The van der Waals surface area contributed by atoms with Gasteiger partial charge >= 0.3 is 6.16 Å². The minimum Gasteiger partial charge on any atom is -0.496 e. The molecular formula is C28H25NO8. The van der Waals surface area contributed by atoms with Crippen LogP contribution in [0.4, 0.5) is 4.79 Å². The van der Waals surface area contributed by atoms with Crippen molar-refractivity contribution >= 4 is 17.1 Å². The Hall–Kier alpha value is -4.66. The van der Waals surface area contributed by atoms with Crippen molar-refractivity contribution in [3.05, 3.63) is 66.2 Å². The van der Waals surface area contributed by atoms with Gasteiger partial charge in [-0.05, 0) is 48.9 Å². The van der Waals surface area contributed by atoms with Gasteiger partial charge in [0.25, 0.3) is 5.88 Å². The molecule has 0 N–H and O–H groups in total. The van der Waals surface area contributed by atoms with Crippen LogP contribution in [0.1, 0.15) is 12.5 Å². The van der Waals surface area contributed by atoms with Gasteiger partial charge in [0.05, 0.1) is 26.3 Å². The summed E-state index contributed by atoms with van der Waals surface area (Å²) in [5, 5.41) is 0.688. The maximum atomic E-state index is 12.4. The number of para-hydroxylation sites is 1. The van der Waals surface area contributed by atoms with E-state index in [-0.39, 0.29) is 25.0 Å². The van der Waals surface area contributed by atoms with E-state index in [0.29, 0.717) is 51.6 Å². The molecule has 0 unspecified atom stereocenters. The number of fused-ring (bicyclic) bond motifs is 2. The molecule has 190 valence electrons. The van der Waals surface area contributed by atoms with E-state index >= 15 is 0 Å². The summed E-state index contributed by atoms with van der Waals surface area (Å²) in [7, 11) is 2.83. The Kier molecular flexibility index (Phi) is 6.85. The Labute approximate surface area is 213 Å². The van der Waals surface area contributed by atoms with E-state index in [0.717, 1.165) is 5.56 Å². The number of carbonyl (C=O) groups is 1. The third kappa shape index (κ3) is 4.88. The molecule has 0 amide bonds. The molecule has 2 heterocycles. The second kappa shape index (κ2) is 10.5. The molecule has 1 aromatic heterocycles. The number of pyridine rings is 1. The van der Waals surface area contributed by atoms with Crippen LogP contribution in [0.5, 0.6) is 34.6 Å². The molecule has 0 saturated carbocycles. The normalized spacial score (nSPS) is 11.8. The summed E-state index contributed by atoms with van der Waals surface area (Å²) in [5.41, 5.74) is 2.67. The first-order valence-electron chi connectivity index (χ1n) is 11.6. The molecule has 1 aliphatic heterocycles. The highest BCUT2D eigenvalue weighted by molar-refractivity contribution is 6.00. The zero-order valence-electron chi connectivity index (χ0n) is 20.6. The smallest absolute Gasteiger partial charge is 0.496 e. The summed E-state index contributed by atoms with van der Waals surface area (Å²) < 4.78 is 38.9. The average molecular weight is 504 g/mol. The van der Waals surface area contributed by atoms with Crippen LogP contribution in [0.15, 0.2) is 60.7 Å². The van der Waals surface area contributed by atoms with Gasteiger partial charge < -0.3 is 33.2 Å². The number of rotatable bonds is 8. The molecule has 4 aromatic rings. The highest BCUT2D eigenvalue weighted by Crippen LogP contribution is 2.46. The van der Waals surface area contributed by atoms with Crippen LogP contribution in [0, 0.1) is 0 Å². The quantitative estimate of drug-likeness (QED) is 0.278. The van der Waals surface area contributed by atoms with Gasteiger partial charge in [-0.1, -0.05) is 24.3 Å². The van der Waals surface area contributed by atoms with Gasteiger partial charge in [0, 0.05) is 16.5 Å². The Balaban J connectivity index is 1.70. The minimum atomic E-state index is -0.911. The standard InChI is InChI=1S/C28H25NO8/c1-4-33-19-10-11-21-20(14-19)25(17-9-12-23-24(13-17)36-16-35-23)26(37-28(30)32-3)27(29-21)34-15-18-7-5-6-8-22(18)31-2/h5-14H,4,15-16H2,1-3H3. The van der Waals surface area contributed by atoms with Crippen LogP contribution in [0.25, 0.3) is 22.0 Å². The lowest BCUT2D eigenvalue weighted by Crippen LogP contribution is -2.11. The highest BCUT2D eigenvalue weighted by atomic mass is 16.7. The number of hydrogen-bond donors (Lipinski definition) is 0. The number of nitrogens with zero attached hydrogens (tertiary/aromatic N) is 1. The summed E-state index contributed by atoms with van der Waals surface area (Å²) in [6.07, 6.45) is -0.911. The lowest BCUT2D eigenvalue weighted by atomic mass is 9.99. The van der Waals surface area contributed by atoms with E-state index < -0.39 is 6.16 Å². The maximum Gasteiger partial charge on any atom is 0.513 e. The zero-order valence-corrected chi connectivity index (χ0v) is 20.6. The molecule has 0 radical (unpaired) electrons. The molecule has 9 heteroatoms. The number of hydrogen-bond acceptors (Lipinski definition) is 9. The Morgan fingerprint density at radius 1 is 0.973 bits per heavy atom. The van der Waals surface area contributed by atoms with Crippen molar-refractivity contribution in [3.8, 4) is 45.8 Å². The lowest BCUT2D eigenvalue weighted by molar-refractivity contribution is 0.119. The van der Waals surface area contributed by atoms with Gasteiger partial charge in [0.2, 0.25) is 12.5 Å². The molecule has 37 heavy (non-hydrogen) atoms. The largest absolute Gasteiger partial charge is 0.513 e. The van der Waals surface area contributed by atoms with Gasteiger partial charge in [0.15, 0.2) is 11.5 Å². The first-order chi connectivity index (χ1) is 18.1. The van der Waals surface area contributed by atoms with Crippen LogP contribution in [-0.2, 0) is 11.3 Å². The molecule has 5 rings (SSSR count). The fraction of sp³-hybridized carbons (Fsp3) is 0.214. The van der Waals surface area contributed by atoms with Gasteiger partial charge in [-0.2, -0.15) is 0 Å². The van der Waals surface area contributed by atoms with E-state index in [1.165, 1.54) is 7.11 Å². The molecule has 0 atom stereocenters. The Morgan fingerprint density at radius 3 is 2.62 bits per heavy atom. The number of benzene rings is 3. The molecule has 0 aliphatic carbocycles. The topological polar surface area (TPSA) is 94.6 Å². The van der Waals surface area contributed by atoms with Gasteiger partial charge in [-0.3, -0.25) is 0 Å². The maximum absolute atomic E-state index is 12.4. The van der Waals surface area contributed by atoms with Gasteiger partial charge in [-0.25, -0.2) is 9.78 Å². The van der Waals surface area contributed by atoms with Crippen molar-refractivity contribution in [3.63, 3.8) is 0 Å². The van der Waals surface area contributed by atoms with E-state index in [1.807, 2.05) is 61.5 Å². The summed E-state index contributed by atoms with van der Waals surface area (Å²) in [6.45, 7) is 2.65. The molecule has 9 nitrogen and oxygen atoms in total. The van der Waals surface area contributed by atoms with E-state index in [2.05, 4.69) is 4.98 Å². The number of methoxy groups -OCH3 is 2. The second-order valence-corrected chi connectivity index (χ2v) is 7.96. The predicted octanol–water partition coefficient (Wildman–Crippen LogP) is 5.76. The van der Waals surface area contributed by atoms with Crippen molar-refractivity contribution in [2.24, 2.45) is 0 Å². The van der Waals surface area contributed by atoms with Crippen LogP contribution >= 0.6 is 0 Å². The number of ether oxygens (including phenoxy) is 7. The average Bonchev–Trinajstić information content (AvgIpc) is 3.40. The third-order valence-corrected chi connectivity index (χ3v) is 5.76. The third-order valence-electron chi connectivity index (χ3n) is 5.76. The monoisotopic (exact) mass is 503 g/mol. The summed E-state index contributed by atoms with van der Waals surface area (Å²) in [5.74, 6) is 2.72. The molecule has 0 fully saturated rings. The summed E-state index contributed by atoms with van der Waals surface area (Å²) in [4.78, 5) is 17.1. The van der Waals surface area contributed by atoms with Crippen molar-refractivity contribution in [2.45, 2.75) is 13.5 Å². The second-order valence-electron chi connectivity index (χ2n) is 7.96. The minimum absolute atomic E-state index is 0.0989. The predicted molar refractivity (Wildman–Crippen MR) is 135 cm³/mol. The van der Waals surface area contributed by atoms with Crippen LogP contribution in [-0.4, -0.2) is 38.8 Å². The summed E-state index contributed by atoms with van der Waals surface area (Å²) in [6, 6.07) is 18.4. The van der Waals surface area contributed by atoms with Gasteiger partial charge in [0.1, 0.15) is 18.1 Å². The Morgan fingerprint density at radius 2 is 1.81 bits per heavy atom. The molecule has 0 bridgehead atoms. The van der Waals surface area contributed by atoms with Crippen LogP contribution < -0.4 is 28.4 Å². The van der Waals surface area contributed by atoms with Gasteiger partial charge in [-0.15, -0.1) is 0 Å². The SMILES string of the molecule is CCOc1ccc2nc(OCc3ccccc3OC)c(OC(=O)OC)c(-c3ccc4c(c3)OCO4)c2c1.